The molecule has 0 amide bonds. The molecule has 0 aliphatic heterocycles. The molecule has 1 aliphatic carbocycles. The number of anilines is 1. The number of imidazole rings is 1. The smallest absolute Gasteiger partial charge is 0.157 e. The molecule has 0 bridgehead atoms. The number of benzene rings is 1. The highest BCUT2D eigenvalue weighted by Gasteiger charge is 2.19. The number of fused-ring (bicyclic) bond motifs is 1. The van der Waals surface area contributed by atoms with Crippen LogP contribution in [0.15, 0.2) is 42.9 Å². The first kappa shape index (κ1) is 14.2. The number of aromatic nitrogens is 3. The third-order valence-electron chi connectivity index (χ3n) is 4.49. The van der Waals surface area contributed by atoms with Crippen molar-refractivity contribution in [3.63, 3.8) is 0 Å². The van der Waals surface area contributed by atoms with Gasteiger partial charge in [-0.25, -0.2) is 9.37 Å². The van der Waals surface area contributed by atoms with Gasteiger partial charge >= 0.3 is 0 Å². The second-order valence-corrected chi connectivity index (χ2v) is 6.10. The first-order chi connectivity index (χ1) is 11.3. The van der Waals surface area contributed by atoms with Gasteiger partial charge in [-0.3, -0.25) is 9.38 Å². The van der Waals surface area contributed by atoms with E-state index in [1.165, 1.54) is 44.2 Å². The van der Waals surface area contributed by atoms with E-state index in [0.29, 0.717) is 6.04 Å². The molecule has 1 fully saturated rings. The predicted molar refractivity (Wildman–Crippen MR) is 88.9 cm³/mol. The Kier molecular flexibility index (Phi) is 3.69. The maximum Gasteiger partial charge on any atom is 0.157 e. The lowest BCUT2D eigenvalue weighted by atomic mass is 9.95. The van der Waals surface area contributed by atoms with Crippen molar-refractivity contribution < 1.29 is 4.39 Å². The maximum absolute atomic E-state index is 13.2. The molecule has 0 unspecified atom stereocenters. The molecule has 118 valence electrons. The first-order valence-electron chi connectivity index (χ1n) is 8.16. The van der Waals surface area contributed by atoms with Crippen molar-refractivity contribution in [3.8, 4) is 11.3 Å². The summed E-state index contributed by atoms with van der Waals surface area (Å²) in [5.74, 6) is 0.738. The van der Waals surface area contributed by atoms with E-state index in [1.54, 1.807) is 24.5 Å². The molecule has 2 heterocycles. The lowest BCUT2D eigenvalue weighted by Crippen LogP contribution is -2.23. The van der Waals surface area contributed by atoms with E-state index in [9.17, 15) is 4.39 Å². The van der Waals surface area contributed by atoms with Gasteiger partial charge < -0.3 is 5.32 Å². The fourth-order valence-corrected chi connectivity index (χ4v) is 3.29. The summed E-state index contributed by atoms with van der Waals surface area (Å²) in [5, 5.41) is 3.66. The minimum absolute atomic E-state index is 0.235. The van der Waals surface area contributed by atoms with Gasteiger partial charge in [0.25, 0.3) is 0 Å². The zero-order valence-corrected chi connectivity index (χ0v) is 12.9. The highest BCUT2D eigenvalue weighted by atomic mass is 19.1. The maximum atomic E-state index is 13.2. The third-order valence-corrected chi connectivity index (χ3v) is 4.49. The molecule has 4 rings (SSSR count). The van der Waals surface area contributed by atoms with Crippen LogP contribution in [0.5, 0.6) is 0 Å². The lowest BCUT2D eigenvalue weighted by molar-refractivity contribution is 0.461. The van der Waals surface area contributed by atoms with Crippen molar-refractivity contribution in [2.75, 3.05) is 5.32 Å². The molecular formula is C18H19FN4. The summed E-state index contributed by atoms with van der Waals surface area (Å²) in [5.41, 5.74) is 2.56. The van der Waals surface area contributed by atoms with Gasteiger partial charge in [-0.1, -0.05) is 19.3 Å². The summed E-state index contributed by atoms with van der Waals surface area (Å²) in [6.45, 7) is 0. The van der Waals surface area contributed by atoms with Crippen LogP contribution in [0.4, 0.5) is 10.2 Å². The van der Waals surface area contributed by atoms with Crippen molar-refractivity contribution in [2.24, 2.45) is 0 Å². The van der Waals surface area contributed by atoms with Crippen LogP contribution in [0.3, 0.4) is 0 Å². The number of hydrogen-bond acceptors (Lipinski definition) is 3. The van der Waals surface area contributed by atoms with Gasteiger partial charge in [-0.15, -0.1) is 0 Å². The molecule has 1 aliphatic rings. The Bertz CT molecular complexity index is 804. The fourth-order valence-electron chi connectivity index (χ4n) is 3.29. The zero-order valence-electron chi connectivity index (χ0n) is 12.9. The summed E-state index contributed by atoms with van der Waals surface area (Å²) in [6, 6.07) is 6.97. The van der Waals surface area contributed by atoms with Gasteiger partial charge in [0.15, 0.2) is 5.65 Å². The van der Waals surface area contributed by atoms with Crippen LogP contribution in [0.1, 0.15) is 32.1 Å². The van der Waals surface area contributed by atoms with Crippen LogP contribution in [0, 0.1) is 5.82 Å². The fraction of sp³-hybridized carbons (Fsp3) is 0.333. The number of hydrogen-bond donors (Lipinski definition) is 1. The molecule has 2 aromatic heterocycles. The summed E-state index contributed by atoms with van der Waals surface area (Å²) < 4.78 is 15.3. The molecule has 23 heavy (non-hydrogen) atoms. The average molecular weight is 310 g/mol. The van der Waals surface area contributed by atoms with Gasteiger partial charge in [0, 0.05) is 24.0 Å². The first-order valence-corrected chi connectivity index (χ1v) is 8.16. The Labute approximate surface area is 134 Å². The lowest BCUT2D eigenvalue weighted by Gasteiger charge is -2.24. The number of nitrogens with zero attached hydrogens (tertiary/aromatic N) is 3. The molecule has 1 saturated carbocycles. The van der Waals surface area contributed by atoms with Crippen molar-refractivity contribution in [2.45, 2.75) is 38.1 Å². The van der Waals surface area contributed by atoms with Crippen LogP contribution < -0.4 is 5.32 Å². The van der Waals surface area contributed by atoms with Crippen LogP contribution in [-0.4, -0.2) is 20.4 Å². The molecule has 1 aromatic carbocycles. The Morgan fingerprint density at radius 3 is 2.65 bits per heavy atom. The Balaban J connectivity index is 1.79. The van der Waals surface area contributed by atoms with E-state index >= 15 is 0 Å². The second kappa shape index (κ2) is 5.99. The summed E-state index contributed by atoms with van der Waals surface area (Å²) in [7, 11) is 0. The van der Waals surface area contributed by atoms with Crippen molar-refractivity contribution >= 4 is 11.5 Å². The molecule has 1 N–H and O–H groups in total. The number of halogens is 1. The van der Waals surface area contributed by atoms with Crippen LogP contribution in [0.25, 0.3) is 16.9 Å². The summed E-state index contributed by atoms with van der Waals surface area (Å²) >= 11 is 0. The van der Waals surface area contributed by atoms with Gasteiger partial charge in [-0.2, -0.15) is 0 Å². The standard InChI is InChI=1S/C18H19FN4/c19-14-8-6-13(7-9-14)17-18(21-15-4-2-1-3-5-15)23-11-10-20-12-16(23)22-17/h6-12,15,21H,1-5H2. The Hall–Kier alpha value is -2.43. The van der Waals surface area contributed by atoms with E-state index in [0.717, 1.165) is 22.7 Å². The quantitative estimate of drug-likeness (QED) is 0.785. The molecule has 0 spiro atoms. The molecule has 0 radical (unpaired) electrons. The van der Waals surface area contributed by atoms with E-state index in [1.807, 2.05) is 10.6 Å². The van der Waals surface area contributed by atoms with E-state index < -0.39 is 0 Å². The molecule has 0 saturated heterocycles. The normalized spacial score (nSPS) is 15.9. The van der Waals surface area contributed by atoms with Gasteiger partial charge in [0.1, 0.15) is 17.3 Å². The zero-order chi connectivity index (χ0) is 15.6. The molecule has 4 nitrogen and oxygen atoms in total. The minimum Gasteiger partial charge on any atom is -0.367 e. The van der Waals surface area contributed by atoms with Crippen molar-refractivity contribution in [1.29, 1.82) is 0 Å². The molecular weight excluding hydrogens is 291 g/mol. The SMILES string of the molecule is Fc1ccc(-c2nc3cnccn3c2NC2CCCCC2)cc1. The molecule has 3 aromatic rings. The molecule has 5 heteroatoms. The van der Waals surface area contributed by atoms with Crippen molar-refractivity contribution in [1.82, 2.24) is 14.4 Å². The van der Waals surface area contributed by atoms with Gasteiger partial charge in [0.2, 0.25) is 0 Å². The average Bonchev–Trinajstić information content (AvgIpc) is 2.95. The largest absolute Gasteiger partial charge is 0.367 e. The highest BCUT2D eigenvalue weighted by Crippen LogP contribution is 2.31. The highest BCUT2D eigenvalue weighted by molar-refractivity contribution is 5.76. The predicted octanol–water partition coefficient (Wildman–Crippen LogP) is 4.28. The van der Waals surface area contributed by atoms with Crippen LogP contribution in [0.2, 0.25) is 0 Å². The summed E-state index contributed by atoms with van der Waals surface area (Å²) in [6.07, 6.45) is 11.6. The second-order valence-electron chi connectivity index (χ2n) is 6.10. The monoisotopic (exact) mass is 310 g/mol. The molecule has 0 atom stereocenters. The van der Waals surface area contributed by atoms with Crippen LogP contribution >= 0.6 is 0 Å². The number of nitrogens with one attached hydrogen (secondary N) is 1. The third kappa shape index (κ3) is 2.79. The van der Waals surface area contributed by atoms with E-state index in [4.69, 9.17) is 4.98 Å². The van der Waals surface area contributed by atoms with Crippen molar-refractivity contribution in [3.05, 3.63) is 48.7 Å². The number of rotatable bonds is 3. The van der Waals surface area contributed by atoms with E-state index in [-0.39, 0.29) is 5.82 Å². The van der Waals surface area contributed by atoms with Gasteiger partial charge in [0.05, 0.1) is 6.20 Å². The topological polar surface area (TPSA) is 42.2 Å². The van der Waals surface area contributed by atoms with Crippen LogP contribution in [-0.2, 0) is 0 Å². The van der Waals surface area contributed by atoms with Gasteiger partial charge in [-0.05, 0) is 37.1 Å². The van der Waals surface area contributed by atoms with E-state index in [2.05, 4.69) is 10.3 Å². The Morgan fingerprint density at radius 1 is 1.09 bits per heavy atom. The Morgan fingerprint density at radius 2 is 1.87 bits per heavy atom. The minimum atomic E-state index is -0.235. The summed E-state index contributed by atoms with van der Waals surface area (Å²) in [4.78, 5) is 8.84.